The van der Waals surface area contributed by atoms with Crippen LogP contribution >= 0.6 is 0 Å². The average Bonchev–Trinajstić information content (AvgIpc) is 2.51. The molecule has 0 bridgehead atoms. The first-order valence-corrected chi connectivity index (χ1v) is 7.92. The van der Waals surface area contributed by atoms with Crippen molar-refractivity contribution in [1.29, 1.82) is 0 Å². The number of benzene rings is 1. The molecule has 2 atom stereocenters. The number of hydrogen-bond donors (Lipinski definition) is 1. The van der Waals surface area contributed by atoms with E-state index in [0.717, 1.165) is 0 Å². The summed E-state index contributed by atoms with van der Waals surface area (Å²) < 4.78 is 10.7. The van der Waals surface area contributed by atoms with E-state index in [1.807, 2.05) is 0 Å². The Hall–Kier alpha value is -2.96. The fourth-order valence-corrected chi connectivity index (χ4v) is 3.31. The van der Waals surface area contributed by atoms with E-state index >= 15 is 0 Å². The van der Waals surface area contributed by atoms with Gasteiger partial charge in [0.1, 0.15) is 12.2 Å². The fraction of sp³-hybridized carbons (Fsp3) is 0.333. The number of carbonyl (C=O) groups excluding carboxylic acids is 3. The summed E-state index contributed by atoms with van der Waals surface area (Å²) in [6.07, 6.45) is -0.637. The molecule has 1 aromatic heterocycles. The van der Waals surface area contributed by atoms with Crippen molar-refractivity contribution >= 4 is 28.7 Å². The van der Waals surface area contributed by atoms with Crippen molar-refractivity contribution in [2.24, 2.45) is 5.73 Å². The number of para-hydroxylation sites is 1. The third-order valence-corrected chi connectivity index (χ3v) is 4.13. The van der Waals surface area contributed by atoms with E-state index in [1.54, 1.807) is 24.3 Å². The molecule has 25 heavy (non-hydrogen) atoms. The van der Waals surface area contributed by atoms with Gasteiger partial charge in [0.2, 0.25) is 5.91 Å². The fourth-order valence-electron chi connectivity index (χ4n) is 3.31. The van der Waals surface area contributed by atoms with Gasteiger partial charge in [-0.2, -0.15) is 0 Å². The number of rotatable bonds is 3. The van der Waals surface area contributed by atoms with E-state index in [1.165, 1.54) is 13.8 Å². The van der Waals surface area contributed by atoms with Gasteiger partial charge in [0, 0.05) is 32.1 Å². The van der Waals surface area contributed by atoms with E-state index in [9.17, 15) is 14.4 Å². The number of nitrogens with zero attached hydrogens (tertiary/aromatic N) is 1. The van der Waals surface area contributed by atoms with Crippen LogP contribution in [0.25, 0.3) is 10.9 Å². The van der Waals surface area contributed by atoms with Crippen LogP contribution in [0.4, 0.5) is 0 Å². The Labute approximate surface area is 144 Å². The number of nitrogens with two attached hydrogens (primary N) is 1. The third-order valence-electron chi connectivity index (χ3n) is 4.13. The molecule has 0 saturated heterocycles. The van der Waals surface area contributed by atoms with Gasteiger partial charge in [0.15, 0.2) is 0 Å². The molecule has 1 aliphatic rings. The maximum Gasteiger partial charge on any atom is 0.303 e. The molecule has 1 heterocycles. The molecule has 7 nitrogen and oxygen atoms in total. The lowest BCUT2D eigenvalue weighted by Crippen LogP contribution is -2.32. The van der Waals surface area contributed by atoms with E-state index in [-0.39, 0.29) is 6.42 Å². The largest absolute Gasteiger partial charge is 0.462 e. The van der Waals surface area contributed by atoms with Gasteiger partial charge in [0.05, 0.1) is 16.8 Å². The first kappa shape index (κ1) is 16.9. The average molecular weight is 342 g/mol. The molecule has 2 aromatic rings. The Kier molecular flexibility index (Phi) is 4.39. The van der Waals surface area contributed by atoms with Crippen molar-refractivity contribution in [2.45, 2.75) is 38.9 Å². The van der Waals surface area contributed by atoms with E-state index < -0.39 is 30.1 Å². The topological polar surface area (TPSA) is 109 Å². The Morgan fingerprint density at radius 2 is 1.80 bits per heavy atom. The third kappa shape index (κ3) is 3.31. The summed E-state index contributed by atoms with van der Waals surface area (Å²) in [5, 5.41) is 0.624. The molecule has 130 valence electrons. The van der Waals surface area contributed by atoms with Crippen LogP contribution < -0.4 is 5.73 Å². The van der Waals surface area contributed by atoms with Crippen LogP contribution in [0.3, 0.4) is 0 Å². The SMILES string of the molecule is CC(=O)OC1Cc2c(nc3ccccc3c2C(N)=O)C(OC(C)=O)C1. The van der Waals surface area contributed by atoms with E-state index in [0.29, 0.717) is 34.1 Å². The second kappa shape index (κ2) is 6.51. The predicted molar refractivity (Wildman–Crippen MR) is 88.6 cm³/mol. The lowest BCUT2D eigenvalue weighted by atomic mass is 9.86. The molecule has 2 unspecified atom stereocenters. The molecule has 7 heteroatoms. The number of fused-ring (bicyclic) bond motifs is 2. The molecular weight excluding hydrogens is 324 g/mol. The van der Waals surface area contributed by atoms with Crippen molar-refractivity contribution in [3.8, 4) is 0 Å². The zero-order valence-electron chi connectivity index (χ0n) is 13.9. The quantitative estimate of drug-likeness (QED) is 0.852. The molecule has 0 radical (unpaired) electrons. The Morgan fingerprint density at radius 3 is 2.44 bits per heavy atom. The van der Waals surface area contributed by atoms with Crippen molar-refractivity contribution in [3.05, 3.63) is 41.1 Å². The van der Waals surface area contributed by atoms with Crippen LogP contribution in [0.5, 0.6) is 0 Å². The van der Waals surface area contributed by atoms with Gasteiger partial charge in [-0.3, -0.25) is 14.4 Å². The zero-order valence-corrected chi connectivity index (χ0v) is 13.9. The minimum Gasteiger partial charge on any atom is -0.462 e. The first-order valence-electron chi connectivity index (χ1n) is 7.92. The van der Waals surface area contributed by atoms with Crippen molar-refractivity contribution < 1.29 is 23.9 Å². The van der Waals surface area contributed by atoms with Crippen LogP contribution in [0.1, 0.15) is 48.0 Å². The summed E-state index contributed by atoms with van der Waals surface area (Å²) >= 11 is 0. The van der Waals surface area contributed by atoms with Crippen LogP contribution in [0.15, 0.2) is 24.3 Å². The molecule has 1 aliphatic carbocycles. The predicted octanol–water partition coefficient (Wildman–Crippen LogP) is 1.82. The zero-order chi connectivity index (χ0) is 18.1. The number of esters is 2. The molecule has 0 saturated carbocycles. The summed E-state index contributed by atoms with van der Waals surface area (Å²) in [5.74, 6) is -1.51. The number of carbonyl (C=O) groups is 3. The molecular formula is C18H18N2O5. The van der Waals surface area contributed by atoms with Crippen LogP contribution in [-0.4, -0.2) is 28.9 Å². The number of hydrogen-bond acceptors (Lipinski definition) is 6. The smallest absolute Gasteiger partial charge is 0.303 e. The highest BCUT2D eigenvalue weighted by molar-refractivity contribution is 6.07. The van der Waals surface area contributed by atoms with E-state index in [2.05, 4.69) is 4.98 Å². The lowest BCUT2D eigenvalue weighted by Gasteiger charge is -2.31. The number of amides is 1. The number of primary amides is 1. The van der Waals surface area contributed by atoms with Gasteiger partial charge in [-0.1, -0.05) is 18.2 Å². The Morgan fingerprint density at radius 1 is 1.12 bits per heavy atom. The summed E-state index contributed by atoms with van der Waals surface area (Å²) in [6.45, 7) is 2.61. The summed E-state index contributed by atoms with van der Waals surface area (Å²) in [5.41, 5.74) is 7.60. The monoisotopic (exact) mass is 342 g/mol. The highest BCUT2D eigenvalue weighted by Crippen LogP contribution is 2.37. The van der Waals surface area contributed by atoms with Gasteiger partial charge < -0.3 is 15.2 Å². The second-order valence-corrected chi connectivity index (χ2v) is 6.00. The van der Waals surface area contributed by atoms with Crippen LogP contribution in [0, 0.1) is 0 Å². The molecule has 1 aromatic carbocycles. The highest BCUT2D eigenvalue weighted by atomic mass is 16.6. The minimum atomic E-state index is -0.701. The summed E-state index contributed by atoms with van der Waals surface area (Å²) in [4.78, 5) is 39.5. The van der Waals surface area contributed by atoms with Gasteiger partial charge >= 0.3 is 11.9 Å². The molecule has 2 N–H and O–H groups in total. The lowest BCUT2D eigenvalue weighted by molar-refractivity contribution is -0.154. The minimum absolute atomic E-state index is 0.287. The number of aromatic nitrogens is 1. The second-order valence-electron chi connectivity index (χ2n) is 6.00. The molecule has 0 aliphatic heterocycles. The maximum atomic E-state index is 12.1. The van der Waals surface area contributed by atoms with E-state index in [4.69, 9.17) is 15.2 Å². The van der Waals surface area contributed by atoms with Gasteiger partial charge in [-0.25, -0.2) is 4.98 Å². The normalized spacial score (nSPS) is 19.1. The van der Waals surface area contributed by atoms with Crippen LogP contribution in [0.2, 0.25) is 0 Å². The number of pyridine rings is 1. The summed E-state index contributed by atoms with van der Waals surface area (Å²) in [6, 6.07) is 7.13. The highest BCUT2D eigenvalue weighted by Gasteiger charge is 2.35. The first-order chi connectivity index (χ1) is 11.9. The van der Waals surface area contributed by atoms with Crippen molar-refractivity contribution in [3.63, 3.8) is 0 Å². The Bertz CT molecular complexity index is 877. The van der Waals surface area contributed by atoms with Crippen molar-refractivity contribution in [1.82, 2.24) is 4.98 Å². The number of ether oxygens (including phenoxy) is 2. The van der Waals surface area contributed by atoms with Gasteiger partial charge in [0.25, 0.3) is 0 Å². The van der Waals surface area contributed by atoms with Crippen LogP contribution in [-0.2, 0) is 25.5 Å². The maximum absolute atomic E-state index is 12.1. The van der Waals surface area contributed by atoms with Crippen molar-refractivity contribution in [2.75, 3.05) is 0 Å². The molecule has 1 amide bonds. The standard InChI is InChI=1S/C18H18N2O5/c1-9(21)24-11-7-13-16(18(19)23)12-5-3-4-6-14(12)20-17(13)15(8-11)25-10(2)22/h3-6,11,15H,7-8H2,1-2H3,(H2,19,23). The summed E-state index contributed by atoms with van der Waals surface area (Å²) in [7, 11) is 0. The van der Waals surface area contributed by atoms with Gasteiger partial charge in [-0.15, -0.1) is 0 Å². The molecule has 0 spiro atoms. The molecule has 3 rings (SSSR count). The molecule has 0 fully saturated rings. The Balaban J connectivity index is 2.21. The van der Waals surface area contributed by atoms with Gasteiger partial charge in [-0.05, 0) is 11.6 Å².